The van der Waals surface area contributed by atoms with Crippen molar-refractivity contribution in [3.8, 4) is 78.6 Å². The van der Waals surface area contributed by atoms with E-state index >= 15 is 0 Å². The van der Waals surface area contributed by atoms with Crippen molar-refractivity contribution in [3.05, 3.63) is 419 Å². The maximum Gasteiger partial charge on any atom is 0.249 e. The number of hydrogen-bond donors (Lipinski definition) is 0. The quantitative estimate of drug-likeness (QED) is 0.133. The van der Waals surface area contributed by atoms with Gasteiger partial charge >= 0.3 is 0 Å². The first-order chi connectivity index (χ1) is 62.0. The molecular formula is C112H73B3N8S3. The molecule has 0 fully saturated rings. The van der Waals surface area contributed by atoms with Gasteiger partial charge in [-0.15, -0.1) is 0 Å². The Morgan fingerprint density at radius 2 is 0.675 bits per heavy atom. The Kier molecular flexibility index (Phi) is 17.4. The van der Waals surface area contributed by atoms with Crippen LogP contribution < -0.4 is 54.1 Å². The standard InChI is InChI=1S/C43H28BN3S.C37H22BN3S.C31H19BN2S.CH4/c1-5-13-29(14-6-1)31-21-22-36-40(25-31)48-41-27-35(47(33-17-9-3-10-18-33)34-19-11-4-12-20-34)26-39-42(41)44(36)37-23-32(30-15-7-2-8-16-30)24-38-43(37)46(39)28-45-38;1-2-11-23(12-3-1)37-39-29-17-10-16-28-36(29)41(37)32-21-24(22-34-35(32)38(28)27-15-6-9-20-33(27)42-34)40-30-18-7-4-13-25(30)26-14-5-8-19-31(26)40;1-3-8-20(9-4-1)22-14-15-24-29(18-22)35-28-13-7-12-27-30(28)32(24)25-16-23(21-10-5-2-6-11-21)17-26-31(25)34(27)19-33-26;/h1-28H;1-22H;1-19H;1H4. The lowest BCUT2D eigenvalue weighted by Gasteiger charge is -2.35. The Hall–Kier alpha value is -14.8. The Labute approximate surface area is 743 Å². The molecular weight excluding hydrogens is 1590 g/mol. The minimum atomic E-state index is 0. The average Bonchev–Trinajstić information content (AvgIpc) is 1.41. The number of nitrogens with zero attached hydrogens (tertiary/aromatic N) is 8. The predicted molar refractivity (Wildman–Crippen MR) is 532 cm³/mol. The van der Waals surface area contributed by atoms with E-state index in [2.05, 4.69) is 430 Å². The highest BCUT2D eigenvalue weighted by atomic mass is 32.2. The lowest BCUT2D eigenvalue weighted by atomic mass is 9.35. The first-order valence-electron chi connectivity index (χ1n) is 42.6. The second-order valence-corrected chi connectivity index (χ2v) is 36.1. The van der Waals surface area contributed by atoms with Gasteiger partial charge in [0.25, 0.3) is 0 Å². The molecule has 22 aromatic rings. The van der Waals surface area contributed by atoms with Crippen molar-refractivity contribution >= 4 is 177 Å². The van der Waals surface area contributed by atoms with Gasteiger partial charge in [0, 0.05) is 85.5 Å². The zero-order chi connectivity index (χ0) is 81.9. The molecule has 0 atom stereocenters. The molecule has 0 spiro atoms. The maximum absolute atomic E-state index is 5.27. The summed E-state index contributed by atoms with van der Waals surface area (Å²) in [7, 11) is 0. The summed E-state index contributed by atoms with van der Waals surface area (Å²) in [5, 5.41) is 2.55. The number of fused-ring (bicyclic) bond motifs is 15. The van der Waals surface area contributed by atoms with Crippen molar-refractivity contribution in [3.63, 3.8) is 0 Å². The van der Waals surface area contributed by atoms with E-state index in [-0.39, 0.29) is 27.6 Å². The Morgan fingerprint density at radius 1 is 0.246 bits per heavy atom. The van der Waals surface area contributed by atoms with Crippen molar-refractivity contribution < 1.29 is 0 Å². The van der Waals surface area contributed by atoms with Gasteiger partial charge in [0.15, 0.2) is 0 Å². The van der Waals surface area contributed by atoms with E-state index in [1.807, 2.05) is 47.9 Å². The van der Waals surface area contributed by atoms with Crippen molar-refractivity contribution in [2.24, 2.45) is 0 Å². The highest BCUT2D eigenvalue weighted by Crippen LogP contribution is 2.46. The molecule has 0 saturated carbocycles. The number of rotatable bonds is 9. The van der Waals surface area contributed by atoms with Gasteiger partial charge in [-0.3, -0.25) is 13.7 Å². The van der Waals surface area contributed by atoms with E-state index in [0.29, 0.717) is 0 Å². The van der Waals surface area contributed by atoms with E-state index in [1.165, 1.54) is 184 Å². The second kappa shape index (κ2) is 29.7. The fourth-order valence-corrected chi connectivity index (χ4v) is 24.3. The van der Waals surface area contributed by atoms with Crippen LogP contribution in [0, 0.1) is 0 Å². The van der Waals surface area contributed by atoms with E-state index < -0.39 is 0 Å². The molecule has 10 heterocycles. The first-order valence-corrected chi connectivity index (χ1v) is 45.0. The molecule has 0 aliphatic carbocycles. The Morgan fingerprint density at radius 3 is 1.25 bits per heavy atom. The third-order valence-electron chi connectivity index (χ3n) is 26.0. The summed E-state index contributed by atoms with van der Waals surface area (Å²) in [5.41, 5.74) is 40.6. The van der Waals surface area contributed by atoms with Crippen molar-refractivity contribution in [2.75, 3.05) is 4.90 Å². The van der Waals surface area contributed by atoms with Crippen LogP contribution in [-0.4, -0.2) is 53.4 Å². The summed E-state index contributed by atoms with van der Waals surface area (Å²) in [6.45, 7) is 0.441. The summed E-state index contributed by atoms with van der Waals surface area (Å²) < 4.78 is 9.49. The molecule has 4 aromatic heterocycles. The fraction of sp³-hybridized carbons (Fsp3) is 0.00893. The molecule has 0 saturated heterocycles. The van der Waals surface area contributed by atoms with Crippen LogP contribution in [0.3, 0.4) is 0 Å². The average molecular weight is 1660 g/mol. The van der Waals surface area contributed by atoms with Crippen molar-refractivity contribution in [2.45, 2.75) is 36.8 Å². The zero-order valence-electron chi connectivity index (χ0n) is 67.4. The normalized spacial score (nSPS) is 12.7. The van der Waals surface area contributed by atoms with Crippen LogP contribution in [0.25, 0.3) is 134 Å². The molecule has 28 rings (SSSR count). The third kappa shape index (κ3) is 11.7. The van der Waals surface area contributed by atoms with E-state index in [1.54, 1.807) is 0 Å². The van der Waals surface area contributed by atoms with E-state index in [4.69, 9.17) is 15.0 Å². The van der Waals surface area contributed by atoms with Gasteiger partial charge in [-0.25, -0.2) is 15.0 Å². The number of benzene rings is 18. The minimum absolute atomic E-state index is 0. The molecule has 6 aliphatic rings. The molecule has 14 heteroatoms. The maximum atomic E-state index is 5.27. The molecule has 0 amide bonds. The largest absolute Gasteiger partial charge is 0.310 e. The van der Waals surface area contributed by atoms with Crippen LogP contribution in [0.1, 0.15) is 7.43 Å². The summed E-state index contributed by atoms with van der Waals surface area (Å²) >= 11 is 5.67. The molecule has 8 nitrogen and oxygen atoms in total. The summed E-state index contributed by atoms with van der Waals surface area (Å²) in [4.78, 5) is 25.4. The van der Waals surface area contributed by atoms with Gasteiger partial charge in [0.05, 0.1) is 44.1 Å². The van der Waals surface area contributed by atoms with Crippen LogP contribution in [0.5, 0.6) is 0 Å². The summed E-state index contributed by atoms with van der Waals surface area (Å²) in [6.07, 6.45) is 4.01. The van der Waals surface area contributed by atoms with Crippen LogP contribution in [0.4, 0.5) is 17.1 Å². The fourth-order valence-electron chi connectivity index (χ4n) is 20.6. The Balaban J connectivity index is 0.000000104. The smallest absolute Gasteiger partial charge is 0.249 e. The number of anilines is 3. The number of imidazole rings is 3. The van der Waals surface area contributed by atoms with Gasteiger partial charge < -0.3 is 9.47 Å². The van der Waals surface area contributed by atoms with Crippen LogP contribution in [0.2, 0.25) is 0 Å². The molecule has 18 aromatic carbocycles. The summed E-state index contributed by atoms with van der Waals surface area (Å²) in [6, 6.07) is 147. The molecule has 0 unspecified atom stereocenters. The van der Waals surface area contributed by atoms with Gasteiger partial charge in [-0.05, 0) is 186 Å². The Bertz CT molecular complexity index is 8070. The molecule has 0 bridgehead atoms. The molecule has 0 radical (unpaired) electrons. The number of hydrogen-bond acceptors (Lipinski definition) is 7. The lowest BCUT2D eigenvalue weighted by molar-refractivity contribution is 1.08. The van der Waals surface area contributed by atoms with E-state index in [0.717, 1.165) is 45.0 Å². The summed E-state index contributed by atoms with van der Waals surface area (Å²) in [5.74, 6) is 0.988. The van der Waals surface area contributed by atoms with Crippen LogP contribution in [-0.2, 0) is 0 Å². The van der Waals surface area contributed by atoms with Gasteiger partial charge in [0.2, 0.25) is 20.1 Å². The van der Waals surface area contributed by atoms with Crippen molar-refractivity contribution in [1.29, 1.82) is 0 Å². The molecule has 126 heavy (non-hydrogen) atoms. The first kappa shape index (κ1) is 73.9. The lowest BCUT2D eigenvalue weighted by Crippen LogP contribution is -2.58. The predicted octanol–water partition coefficient (Wildman–Crippen LogP) is 22.5. The molecule has 0 N–H and O–H groups in total. The highest BCUT2D eigenvalue weighted by molar-refractivity contribution is 8.00. The topological polar surface area (TPSA) is 61.6 Å². The van der Waals surface area contributed by atoms with Gasteiger partial charge in [0.1, 0.15) is 18.5 Å². The molecule has 6 aliphatic heterocycles. The van der Waals surface area contributed by atoms with Crippen molar-refractivity contribution in [1.82, 2.24) is 33.2 Å². The number of aromatic nitrogens is 7. The second-order valence-electron chi connectivity index (χ2n) is 32.9. The third-order valence-corrected chi connectivity index (χ3v) is 29.4. The monoisotopic (exact) mass is 1660 g/mol. The minimum Gasteiger partial charge on any atom is -0.310 e. The van der Waals surface area contributed by atoms with Crippen LogP contribution >= 0.6 is 35.3 Å². The number of para-hydroxylation sites is 5. The zero-order valence-corrected chi connectivity index (χ0v) is 69.8. The van der Waals surface area contributed by atoms with Gasteiger partial charge in [-0.1, -0.05) is 356 Å². The SMILES string of the molecule is C.c1ccc(-c2ccc3c(c2)Sc2cc(N(c4ccccc4)c4ccccc4)cc4c2B3c2cc(-c3ccccc3)cc3ncn-4c23)cc1.c1ccc(-c2ccc3c(c2)Sc2cccc4c2B3c2cc(-c3ccccc3)cc3ncn-4c23)cc1.c1ccc(-c2nc3cccc4c3n2-c2cc(-n3c5ccccc5c5ccccc53)cc3c2B4c2ccccc2S3)cc1. The van der Waals surface area contributed by atoms with E-state index in [9.17, 15) is 0 Å². The molecule has 588 valence electrons. The van der Waals surface area contributed by atoms with Crippen LogP contribution in [0.15, 0.2) is 448 Å². The van der Waals surface area contributed by atoms with Gasteiger partial charge in [-0.2, -0.15) is 0 Å². The highest BCUT2D eigenvalue weighted by Gasteiger charge is 2.44.